The van der Waals surface area contributed by atoms with Crippen LogP contribution in [-0.4, -0.2) is 30.4 Å². The molecule has 0 aromatic carbocycles. The first-order chi connectivity index (χ1) is 8.73. The van der Waals surface area contributed by atoms with Gasteiger partial charge < -0.3 is 19.0 Å². The van der Waals surface area contributed by atoms with Crippen LogP contribution < -0.4 is 4.74 Å². The predicted octanol–water partition coefficient (Wildman–Crippen LogP) is 1.83. The molecule has 0 bridgehead atoms. The molecule has 0 aliphatic carbocycles. The SMILES string of the molecule is COc1nccc2cc(C3(O)CCOCC3)oc12. The third-order valence-electron chi connectivity index (χ3n) is 3.37. The van der Waals surface area contributed by atoms with E-state index >= 15 is 0 Å². The fraction of sp³-hybridized carbons (Fsp3) is 0.462. The molecule has 1 N–H and O–H groups in total. The molecule has 0 atom stereocenters. The normalized spacial score (nSPS) is 19.0. The van der Waals surface area contributed by atoms with Gasteiger partial charge in [-0.15, -0.1) is 0 Å². The Morgan fingerprint density at radius 3 is 2.89 bits per heavy atom. The van der Waals surface area contributed by atoms with E-state index in [0.717, 1.165) is 5.39 Å². The molecule has 2 aromatic heterocycles. The Hall–Kier alpha value is -1.59. The number of aliphatic hydroxyl groups is 1. The van der Waals surface area contributed by atoms with Crippen molar-refractivity contribution in [3.05, 3.63) is 24.1 Å². The smallest absolute Gasteiger partial charge is 0.258 e. The molecule has 1 aliphatic heterocycles. The van der Waals surface area contributed by atoms with Gasteiger partial charge in [0.25, 0.3) is 5.88 Å². The second-order valence-corrected chi connectivity index (χ2v) is 4.49. The Bertz CT molecular complexity index is 557. The number of hydrogen-bond donors (Lipinski definition) is 1. The van der Waals surface area contributed by atoms with Crippen molar-refractivity contribution >= 4 is 11.0 Å². The summed E-state index contributed by atoms with van der Waals surface area (Å²) in [7, 11) is 1.55. The first kappa shape index (κ1) is 11.5. The molecule has 18 heavy (non-hydrogen) atoms. The number of rotatable bonds is 2. The molecule has 0 spiro atoms. The highest BCUT2D eigenvalue weighted by Gasteiger charge is 2.35. The number of pyridine rings is 1. The average Bonchev–Trinajstić information content (AvgIpc) is 2.84. The van der Waals surface area contributed by atoms with Crippen molar-refractivity contribution < 1.29 is 19.0 Å². The maximum absolute atomic E-state index is 10.6. The van der Waals surface area contributed by atoms with Gasteiger partial charge in [-0.1, -0.05) is 0 Å². The van der Waals surface area contributed by atoms with Gasteiger partial charge in [-0.05, 0) is 12.1 Å². The van der Waals surface area contributed by atoms with Gasteiger partial charge >= 0.3 is 0 Å². The van der Waals surface area contributed by atoms with E-state index < -0.39 is 5.60 Å². The van der Waals surface area contributed by atoms with Crippen LogP contribution in [0.2, 0.25) is 0 Å². The van der Waals surface area contributed by atoms with Crippen LogP contribution in [0.15, 0.2) is 22.7 Å². The quantitative estimate of drug-likeness (QED) is 0.879. The number of hydrogen-bond acceptors (Lipinski definition) is 5. The van der Waals surface area contributed by atoms with E-state index in [1.807, 2.05) is 12.1 Å². The molecule has 1 saturated heterocycles. The third-order valence-corrected chi connectivity index (χ3v) is 3.37. The van der Waals surface area contributed by atoms with Gasteiger partial charge in [0.15, 0.2) is 5.58 Å². The summed E-state index contributed by atoms with van der Waals surface area (Å²) in [5.41, 5.74) is -0.364. The molecule has 0 radical (unpaired) electrons. The van der Waals surface area contributed by atoms with Crippen molar-refractivity contribution in [2.45, 2.75) is 18.4 Å². The van der Waals surface area contributed by atoms with E-state index in [4.69, 9.17) is 13.9 Å². The van der Waals surface area contributed by atoms with Crippen molar-refractivity contribution in [2.75, 3.05) is 20.3 Å². The van der Waals surface area contributed by atoms with Crippen molar-refractivity contribution in [3.8, 4) is 5.88 Å². The van der Waals surface area contributed by atoms with Crippen LogP contribution in [0.1, 0.15) is 18.6 Å². The van der Waals surface area contributed by atoms with E-state index in [-0.39, 0.29) is 0 Å². The lowest BCUT2D eigenvalue weighted by Crippen LogP contribution is -2.32. The van der Waals surface area contributed by atoms with E-state index in [1.165, 1.54) is 0 Å². The van der Waals surface area contributed by atoms with Crippen LogP contribution in [-0.2, 0) is 10.3 Å². The molecule has 0 saturated carbocycles. The molecule has 2 aromatic rings. The Balaban J connectivity index is 2.07. The van der Waals surface area contributed by atoms with E-state index in [2.05, 4.69) is 4.98 Å². The lowest BCUT2D eigenvalue weighted by molar-refractivity contribution is -0.0793. The number of fused-ring (bicyclic) bond motifs is 1. The van der Waals surface area contributed by atoms with Gasteiger partial charge in [0.2, 0.25) is 0 Å². The Labute approximate surface area is 104 Å². The number of ether oxygens (including phenoxy) is 2. The minimum absolute atomic E-state index is 0.439. The third kappa shape index (κ3) is 1.76. The molecular formula is C13H15NO4. The van der Waals surface area contributed by atoms with Gasteiger partial charge in [0.05, 0.1) is 7.11 Å². The maximum atomic E-state index is 10.6. The van der Waals surface area contributed by atoms with Gasteiger partial charge in [-0.3, -0.25) is 0 Å². The molecule has 1 aliphatic rings. The van der Waals surface area contributed by atoms with Crippen molar-refractivity contribution in [1.82, 2.24) is 4.98 Å². The monoisotopic (exact) mass is 249 g/mol. The summed E-state index contributed by atoms with van der Waals surface area (Å²) in [6.07, 6.45) is 2.75. The van der Waals surface area contributed by atoms with E-state index in [1.54, 1.807) is 13.3 Å². The summed E-state index contributed by atoms with van der Waals surface area (Å²) in [5, 5.41) is 11.5. The zero-order valence-corrected chi connectivity index (χ0v) is 10.2. The molecule has 1 fully saturated rings. The zero-order valence-electron chi connectivity index (χ0n) is 10.2. The van der Waals surface area contributed by atoms with Crippen molar-refractivity contribution in [1.29, 1.82) is 0 Å². The van der Waals surface area contributed by atoms with Gasteiger partial charge in [-0.25, -0.2) is 4.98 Å². The highest BCUT2D eigenvalue weighted by atomic mass is 16.5. The first-order valence-electron chi connectivity index (χ1n) is 5.96. The van der Waals surface area contributed by atoms with Crippen LogP contribution in [0.5, 0.6) is 5.88 Å². The van der Waals surface area contributed by atoms with Crippen LogP contribution in [0, 0.1) is 0 Å². The predicted molar refractivity (Wildman–Crippen MR) is 64.5 cm³/mol. The van der Waals surface area contributed by atoms with Gasteiger partial charge in [0.1, 0.15) is 11.4 Å². The molecule has 5 heteroatoms. The number of methoxy groups -OCH3 is 1. The van der Waals surface area contributed by atoms with E-state index in [9.17, 15) is 5.11 Å². The Kier molecular flexibility index (Phi) is 2.72. The van der Waals surface area contributed by atoms with Crippen LogP contribution >= 0.6 is 0 Å². The molecule has 96 valence electrons. The van der Waals surface area contributed by atoms with Crippen LogP contribution in [0.3, 0.4) is 0 Å². The minimum Gasteiger partial charge on any atom is -0.478 e. The summed E-state index contributed by atoms with van der Waals surface area (Å²) < 4.78 is 16.2. The number of nitrogens with zero attached hydrogens (tertiary/aromatic N) is 1. The second kappa shape index (κ2) is 4.26. The number of aromatic nitrogens is 1. The standard InChI is InChI=1S/C13H15NO4/c1-16-12-11-9(2-5-14-12)8-10(18-11)13(15)3-6-17-7-4-13/h2,5,8,15H,3-4,6-7H2,1H3. The highest BCUT2D eigenvalue weighted by Crippen LogP contribution is 2.37. The summed E-state index contributed by atoms with van der Waals surface area (Å²) in [6.45, 7) is 1.09. The Morgan fingerprint density at radius 1 is 1.39 bits per heavy atom. The summed E-state index contributed by atoms with van der Waals surface area (Å²) >= 11 is 0. The van der Waals surface area contributed by atoms with Gasteiger partial charge in [-0.2, -0.15) is 0 Å². The molecule has 3 rings (SSSR count). The molecule has 0 amide bonds. The summed E-state index contributed by atoms with van der Waals surface area (Å²) in [5.74, 6) is 1.00. The summed E-state index contributed by atoms with van der Waals surface area (Å²) in [4.78, 5) is 4.08. The minimum atomic E-state index is -0.942. The number of furan rings is 1. The Morgan fingerprint density at radius 2 is 2.17 bits per heavy atom. The van der Waals surface area contributed by atoms with Crippen LogP contribution in [0.25, 0.3) is 11.0 Å². The molecule has 5 nitrogen and oxygen atoms in total. The fourth-order valence-electron chi connectivity index (χ4n) is 2.27. The topological polar surface area (TPSA) is 64.7 Å². The van der Waals surface area contributed by atoms with Crippen molar-refractivity contribution in [2.24, 2.45) is 0 Å². The molecular weight excluding hydrogens is 234 g/mol. The largest absolute Gasteiger partial charge is 0.478 e. The van der Waals surface area contributed by atoms with Gasteiger partial charge in [0, 0.05) is 37.6 Å². The zero-order chi connectivity index (χ0) is 12.6. The molecule has 0 unspecified atom stereocenters. The lowest BCUT2D eigenvalue weighted by Gasteiger charge is -2.29. The molecule has 3 heterocycles. The lowest BCUT2D eigenvalue weighted by atomic mass is 9.91. The first-order valence-corrected chi connectivity index (χ1v) is 5.96. The van der Waals surface area contributed by atoms with Crippen molar-refractivity contribution in [3.63, 3.8) is 0 Å². The second-order valence-electron chi connectivity index (χ2n) is 4.49. The average molecular weight is 249 g/mol. The highest BCUT2D eigenvalue weighted by molar-refractivity contribution is 5.82. The van der Waals surface area contributed by atoms with E-state index in [0.29, 0.717) is 43.3 Å². The fourth-order valence-corrected chi connectivity index (χ4v) is 2.27. The van der Waals surface area contributed by atoms with Crippen LogP contribution in [0.4, 0.5) is 0 Å². The summed E-state index contributed by atoms with van der Waals surface area (Å²) in [6, 6.07) is 3.69. The maximum Gasteiger partial charge on any atom is 0.258 e.